The Morgan fingerprint density at radius 3 is 2.68 bits per heavy atom. The summed E-state index contributed by atoms with van der Waals surface area (Å²) >= 11 is 0. The maximum absolute atomic E-state index is 11.4. The largest absolute Gasteiger partial charge is 0.493 e. The van der Waals surface area contributed by atoms with Crippen LogP contribution in [0.5, 0.6) is 5.75 Å². The Labute approximate surface area is 277 Å². The number of piperidine rings is 1. The molecule has 2 aliphatic rings. The van der Waals surface area contributed by atoms with Crippen molar-refractivity contribution in [2.24, 2.45) is 0 Å². The number of carbonyl (C=O) groups is 1. The van der Waals surface area contributed by atoms with Crippen LogP contribution in [0, 0.1) is 20.8 Å². The molecule has 47 heavy (non-hydrogen) atoms. The molecular weight excluding hydrogens is 590 g/mol. The summed E-state index contributed by atoms with van der Waals surface area (Å²) in [5, 5.41) is 14.0. The van der Waals surface area contributed by atoms with E-state index < -0.39 is 5.97 Å². The lowest BCUT2D eigenvalue weighted by Gasteiger charge is -2.34. The molecule has 9 heteroatoms. The highest BCUT2D eigenvalue weighted by molar-refractivity contribution is 5.91. The van der Waals surface area contributed by atoms with Gasteiger partial charge in [0.1, 0.15) is 11.3 Å². The van der Waals surface area contributed by atoms with Gasteiger partial charge in [0.25, 0.3) is 0 Å². The van der Waals surface area contributed by atoms with Crippen LogP contribution in [0.3, 0.4) is 0 Å². The molecule has 2 saturated heterocycles. The fourth-order valence-corrected chi connectivity index (χ4v) is 7.04. The first kappa shape index (κ1) is 32.9. The van der Waals surface area contributed by atoms with E-state index in [1.54, 1.807) is 0 Å². The van der Waals surface area contributed by atoms with Gasteiger partial charge in [-0.3, -0.25) is 19.6 Å². The smallest absolute Gasteiger partial charge is 0.304 e. The summed E-state index contributed by atoms with van der Waals surface area (Å²) in [4.78, 5) is 25.7. The molecule has 0 bridgehead atoms. The van der Waals surface area contributed by atoms with Crippen LogP contribution in [0.2, 0.25) is 0 Å². The molecule has 0 radical (unpaired) electrons. The maximum atomic E-state index is 11.4. The summed E-state index contributed by atoms with van der Waals surface area (Å²) in [6.45, 7) is 13.4. The number of aromatic nitrogens is 2. The van der Waals surface area contributed by atoms with Gasteiger partial charge in [0.15, 0.2) is 5.82 Å². The molecule has 2 aromatic heterocycles. The number of hydrogen-bond acceptors (Lipinski definition) is 8. The van der Waals surface area contributed by atoms with Crippen molar-refractivity contribution in [2.75, 3.05) is 51.3 Å². The number of hydrogen-bond donors (Lipinski definition) is 2. The fourth-order valence-electron chi connectivity index (χ4n) is 7.04. The number of morpholine rings is 1. The van der Waals surface area contributed by atoms with Gasteiger partial charge in [0.2, 0.25) is 0 Å². The number of carboxylic acids is 1. The average molecular weight is 638 g/mol. The maximum Gasteiger partial charge on any atom is 0.304 e. The first-order chi connectivity index (χ1) is 22.9. The van der Waals surface area contributed by atoms with Gasteiger partial charge < -0.3 is 19.9 Å². The number of ether oxygens (including phenoxy) is 2. The SMILES string of the molecule is Cc1ccc(-c2cccc(Nc3nccc4cc(CN5CCCCC5CC(=O)O)cnc34)c2C)c(C)c1OCCCN1CCOCC1. The van der Waals surface area contributed by atoms with Crippen LogP contribution in [0.25, 0.3) is 22.0 Å². The number of nitrogens with one attached hydrogen (secondary N) is 1. The number of aliphatic carboxylic acids is 1. The normalized spacial score (nSPS) is 17.6. The molecule has 9 nitrogen and oxygen atoms in total. The number of rotatable bonds is 12. The number of nitrogens with zero attached hydrogens (tertiary/aromatic N) is 4. The van der Waals surface area contributed by atoms with Crippen molar-refractivity contribution in [1.29, 1.82) is 0 Å². The van der Waals surface area contributed by atoms with Crippen LogP contribution in [0.15, 0.2) is 54.9 Å². The second-order valence-corrected chi connectivity index (χ2v) is 12.9. The number of benzene rings is 2. The van der Waals surface area contributed by atoms with E-state index in [1.165, 1.54) is 0 Å². The van der Waals surface area contributed by atoms with Gasteiger partial charge in [0.05, 0.1) is 26.2 Å². The van der Waals surface area contributed by atoms with Gasteiger partial charge in [-0.05, 0) is 98.2 Å². The summed E-state index contributed by atoms with van der Waals surface area (Å²) in [5.41, 5.74) is 8.60. The fraction of sp³-hybridized carbons (Fsp3) is 0.447. The van der Waals surface area contributed by atoms with Gasteiger partial charge in [-0.15, -0.1) is 0 Å². The zero-order valence-electron chi connectivity index (χ0n) is 27.9. The zero-order valence-corrected chi connectivity index (χ0v) is 27.9. The van der Waals surface area contributed by atoms with Gasteiger partial charge in [0, 0.05) is 55.7 Å². The second-order valence-electron chi connectivity index (χ2n) is 12.9. The monoisotopic (exact) mass is 637 g/mol. The van der Waals surface area contributed by atoms with E-state index >= 15 is 0 Å². The summed E-state index contributed by atoms with van der Waals surface area (Å²) in [6, 6.07) is 14.9. The van der Waals surface area contributed by atoms with Gasteiger partial charge in [-0.2, -0.15) is 0 Å². The van der Waals surface area contributed by atoms with Gasteiger partial charge in [-0.1, -0.05) is 30.7 Å². The van der Waals surface area contributed by atoms with E-state index in [2.05, 4.69) is 77.3 Å². The first-order valence-corrected chi connectivity index (χ1v) is 17.0. The van der Waals surface area contributed by atoms with Crippen LogP contribution >= 0.6 is 0 Å². The van der Waals surface area contributed by atoms with E-state index in [9.17, 15) is 9.90 Å². The van der Waals surface area contributed by atoms with Crippen molar-refractivity contribution in [1.82, 2.24) is 19.8 Å². The third-order valence-corrected chi connectivity index (χ3v) is 9.65. The molecular formula is C38H47N5O4. The van der Waals surface area contributed by atoms with Crippen LogP contribution in [-0.2, 0) is 16.1 Å². The van der Waals surface area contributed by atoms with Crippen molar-refractivity contribution >= 4 is 28.4 Å². The van der Waals surface area contributed by atoms with Crippen molar-refractivity contribution < 1.29 is 19.4 Å². The summed E-state index contributed by atoms with van der Waals surface area (Å²) in [5.74, 6) is 0.943. The molecule has 4 aromatic rings. The number of carboxylic acid groups (broad SMARTS) is 1. The highest BCUT2D eigenvalue weighted by Crippen LogP contribution is 2.37. The minimum absolute atomic E-state index is 0.0713. The number of pyridine rings is 2. The van der Waals surface area contributed by atoms with Crippen LogP contribution < -0.4 is 10.1 Å². The lowest BCUT2D eigenvalue weighted by molar-refractivity contribution is -0.138. The minimum Gasteiger partial charge on any atom is -0.493 e. The molecule has 1 atom stereocenters. The van der Waals surface area contributed by atoms with Crippen LogP contribution in [-0.4, -0.2) is 82.9 Å². The molecule has 6 rings (SSSR count). The minimum atomic E-state index is -0.735. The molecule has 4 heterocycles. The van der Waals surface area contributed by atoms with Gasteiger partial charge in [-0.25, -0.2) is 4.98 Å². The molecule has 2 N–H and O–H groups in total. The predicted molar refractivity (Wildman–Crippen MR) is 187 cm³/mol. The van der Waals surface area contributed by atoms with E-state index in [1.807, 2.05) is 18.5 Å². The Bertz CT molecular complexity index is 1700. The van der Waals surface area contributed by atoms with Crippen molar-refractivity contribution in [2.45, 2.75) is 65.5 Å². The lowest BCUT2D eigenvalue weighted by Crippen LogP contribution is -2.40. The summed E-state index contributed by atoms with van der Waals surface area (Å²) in [6.07, 6.45) is 8.00. The Kier molecular flexibility index (Phi) is 10.7. The highest BCUT2D eigenvalue weighted by atomic mass is 16.5. The number of anilines is 2. The molecule has 248 valence electrons. The molecule has 2 fully saturated rings. The second kappa shape index (κ2) is 15.2. The van der Waals surface area contributed by atoms with Crippen LogP contribution in [0.4, 0.5) is 11.5 Å². The lowest BCUT2D eigenvalue weighted by atomic mass is 9.93. The van der Waals surface area contributed by atoms with E-state index in [0.717, 1.165) is 121 Å². The van der Waals surface area contributed by atoms with Gasteiger partial charge >= 0.3 is 5.97 Å². The predicted octanol–water partition coefficient (Wildman–Crippen LogP) is 6.90. The van der Waals surface area contributed by atoms with E-state index in [-0.39, 0.29) is 12.5 Å². The van der Waals surface area contributed by atoms with Crippen molar-refractivity contribution in [3.63, 3.8) is 0 Å². The molecule has 2 aromatic carbocycles. The Morgan fingerprint density at radius 1 is 1.02 bits per heavy atom. The molecule has 0 amide bonds. The molecule has 0 spiro atoms. The number of likely N-dealkylation sites (tertiary alicyclic amines) is 1. The number of aryl methyl sites for hydroxylation is 1. The topological polar surface area (TPSA) is 100 Å². The van der Waals surface area contributed by atoms with Crippen molar-refractivity contribution in [3.05, 3.63) is 77.1 Å². The van der Waals surface area contributed by atoms with Crippen LogP contribution in [0.1, 0.15) is 54.4 Å². The van der Waals surface area contributed by atoms with E-state index in [0.29, 0.717) is 19.0 Å². The Hall–Kier alpha value is -4.05. The molecule has 2 aliphatic heterocycles. The standard InChI is InChI=1S/C38H47N5O4/c1-26-11-12-33(28(3)37(26)47-19-7-15-42-17-20-46-21-18-42)32-9-6-10-34(27(32)2)41-38-36-30(13-14-39-38)22-29(24-40-36)25-43-16-5-4-8-31(43)23-35(44)45/h6,9-14,22,24,31H,4-5,7-8,15-21,23,25H2,1-3H3,(H,39,41)(H,44,45). The molecule has 0 saturated carbocycles. The average Bonchev–Trinajstić information content (AvgIpc) is 3.07. The van der Waals surface area contributed by atoms with Crippen molar-refractivity contribution in [3.8, 4) is 16.9 Å². The molecule has 0 aliphatic carbocycles. The first-order valence-electron chi connectivity index (χ1n) is 17.0. The highest BCUT2D eigenvalue weighted by Gasteiger charge is 2.25. The zero-order chi connectivity index (χ0) is 32.8. The summed E-state index contributed by atoms with van der Waals surface area (Å²) in [7, 11) is 0. The quantitative estimate of drug-likeness (QED) is 0.161. The Balaban J connectivity index is 1.18. The molecule has 1 unspecified atom stereocenters. The summed E-state index contributed by atoms with van der Waals surface area (Å²) < 4.78 is 11.9. The third-order valence-electron chi connectivity index (χ3n) is 9.65. The third kappa shape index (κ3) is 7.92. The Morgan fingerprint density at radius 2 is 1.85 bits per heavy atom. The van der Waals surface area contributed by atoms with E-state index in [4.69, 9.17) is 14.5 Å². The number of fused-ring (bicyclic) bond motifs is 1.